The zero-order valence-corrected chi connectivity index (χ0v) is 12.7. The van der Waals surface area contributed by atoms with E-state index in [1.165, 1.54) is 11.3 Å². The molecule has 1 atom stereocenters. The Morgan fingerprint density at radius 1 is 1.27 bits per heavy atom. The molecular formula is C15H16N3O3S-. The average Bonchev–Trinajstić information content (AvgIpc) is 2.99. The van der Waals surface area contributed by atoms with Crippen LogP contribution in [0.4, 0.5) is 5.13 Å². The van der Waals surface area contributed by atoms with Crippen LogP contribution in [0.1, 0.15) is 37.2 Å². The number of hydrogen-bond acceptors (Lipinski definition) is 6. The van der Waals surface area contributed by atoms with Gasteiger partial charge in [0.2, 0.25) is 11.0 Å². The second-order valence-electron chi connectivity index (χ2n) is 4.87. The summed E-state index contributed by atoms with van der Waals surface area (Å²) in [5.41, 5.74) is 2.50. The number of carboxylic acid groups (broad SMARTS) is 1. The van der Waals surface area contributed by atoms with Crippen LogP contribution in [0.15, 0.2) is 35.8 Å². The molecule has 0 aliphatic rings. The van der Waals surface area contributed by atoms with Crippen LogP contribution in [0, 0.1) is 0 Å². The molecular weight excluding hydrogens is 302 g/mol. The molecule has 2 aromatic rings. The van der Waals surface area contributed by atoms with E-state index in [0.717, 1.165) is 5.56 Å². The van der Waals surface area contributed by atoms with Gasteiger partial charge in [0, 0.05) is 12.4 Å². The molecule has 0 unspecified atom stereocenters. The molecule has 2 rings (SSSR count). The molecule has 0 spiro atoms. The van der Waals surface area contributed by atoms with Crippen molar-refractivity contribution >= 4 is 28.3 Å². The number of anilines is 1. The highest BCUT2D eigenvalue weighted by Crippen LogP contribution is 2.25. The van der Waals surface area contributed by atoms with Crippen molar-refractivity contribution in [1.82, 2.24) is 10.2 Å². The monoisotopic (exact) mass is 318 g/mol. The summed E-state index contributed by atoms with van der Waals surface area (Å²) in [6.07, 6.45) is 1.48. The quantitative estimate of drug-likeness (QED) is 0.797. The lowest BCUT2D eigenvalue weighted by molar-refractivity contribution is -0.306. The summed E-state index contributed by atoms with van der Waals surface area (Å²) in [5.74, 6) is -1.36. The molecule has 6 nitrogen and oxygen atoms in total. The van der Waals surface area contributed by atoms with E-state index < -0.39 is 5.97 Å². The fraction of sp³-hybridized carbons (Fsp3) is 0.333. The topological polar surface area (TPSA) is 95.0 Å². The van der Waals surface area contributed by atoms with Gasteiger partial charge in [-0.25, -0.2) is 0 Å². The first-order chi connectivity index (χ1) is 10.6. The van der Waals surface area contributed by atoms with Gasteiger partial charge >= 0.3 is 0 Å². The van der Waals surface area contributed by atoms with Crippen molar-refractivity contribution in [3.8, 4) is 0 Å². The van der Waals surface area contributed by atoms with E-state index in [9.17, 15) is 14.7 Å². The van der Waals surface area contributed by atoms with Crippen molar-refractivity contribution in [2.45, 2.75) is 31.6 Å². The van der Waals surface area contributed by atoms with Crippen LogP contribution in [0.25, 0.3) is 0 Å². The number of amides is 1. The number of hydrogen-bond donors (Lipinski definition) is 1. The molecule has 1 amide bonds. The highest BCUT2D eigenvalue weighted by atomic mass is 32.1. The number of carbonyl (C=O) groups excluding carboxylic acids is 2. The summed E-state index contributed by atoms with van der Waals surface area (Å²) in [7, 11) is 0. The summed E-state index contributed by atoms with van der Waals surface area (Å²) in [6, 6.07) is 9.43. The Bertz CT molecular complexity index is 602. The molecule has 0 aliphatic carbocycles. The van der Waals surface area contributed by atoms with Gasteiger partial charge in [-0.2, -0.15) is 0 Å². The van der Waals surface area contributed by atoms with Crippen LogP contribution < -0.4 is 10.4 Å². The molecule has 0 radical (unpaired) electrons. The molecule has 1 aromatic heterocycles. The third-order valence-electron chi connectivity index (χ3n) is 3.25. The molecule has 0 fully saturated rings. The van der Waals surface area contributed by atoms with Gasteiger partial charge < -0.3 is 15.2 Å². The van der Waals surface area contributed by atoms with E-state index >= 15 is 0 Å². The van der Waals surface area contributed by atoms with Crippen molar-refractivity contribution in [1.29, 1.82) is 0 Å². The Morgan fingerprint density at radius 2 is 2.05 bits per heavy atom. The maximum atomic E-state index is 11.7. The largest absolute Gasteiger partial charge is 0.550 e. The zero-order valence-electron chi connectivity index (χ0n) is 11.9. The standard InChI is InChI=1S/C15H17N3O3S/c19-13(17-15-18-16-10-22-15)8-4-7-12(9-14(20)21)11-5-2-1-3-6-11/h1-3,5-6,10,12H,4,7-9H2,(H,20,21)(H,17,18,19)/p-1/t12-/m0/s1. The van der Waals surface area contributed by atoms with Gasteiger partial charge in [-0.3, -0.25) is 4.79 Å². The predicted molar refractivity (Wildman–Crippen MR) is 81.2 cm³/mol. The number of aliphatic carboxylic acids is 1. The first-order valence-corrected chi connectivity index (χ1v) is 7.84. The van der Waals surface area contributed by atoms with Crippen LogP contribution in [0.2, 0.25) is 0 Å². The number of carboxylic acids is 1. The Labute approximate surface area is 132 Å². The first-order valence-electron chi connectivity index (χ1n) is 6.96. The normalized spacial score (nSPS) is 11.8. The predicted octanol–water partition coefficient (Wildman–Crippen LogP) is 1.57. The molecule has 7 heteroatoms. The van der Waals surface area contributed by atoms with E-state index in [0.29, 0.717) is 24.4 Å². The van der Waals surface area contributed by atoms with Gasteiger partial charge in [0.15, 0.2) is 0 Å². The van der Waals surface area contributed by atoms with Crippen molar-refractivity contribution in [2.24, 2.45) is 0 Å². The summed E-state index contributed by atoms with van der Waals surface area (Å²) < 4.78 is 0. The zero-order chi connectivity index (χ0) is 15.8. The number of carbonyl (C=O) groups is 2. The summed E-state index contributed by atoms with van der Waals surface area (Å²) in [6.45, 7) is 0. The van der Waals surface area contributed by atoms with Gasteiger partial charge in [0.1, 0.15) is 5.51 Å². The van der Waals surface area contributed by atoms with Gasteiger partial charge in [0.05, 0.1) is 0 Å². The van der Waals surface area contributed by atoms with E-state index in [1.54, 1.807) is 5.51 Å². The Hall–Kier alpha value is -2.28. The highest BCUT2D eigenvalue weighted by Gasteiger charge is 2.13. The first kappa shape index (κ1) is 16.1. The number of nitrogens with zero attached hydrogens (tertiary/aromatic N) is 2. The van der Waals surface area contributed by atoms with Gasteiger partial charge in [0.25, 0.3) is 0 Å². The molecule has 1 aromatic carbocycles. The fourth-order valence-corrected chi connectivity index (χ4v) is 2.69. The van der Waals surface area contributed by atoms with Gasteiger partial charge in [-0.15, -0.1) is 10.2 Å². The second-order valence-corrected chi connectivity index (χ2v) is 5.70. The Balaban J connectivity index is 1.83. The molecule has 116 valence electrons. The molecule has 0 saturated heterocycles. The van der Waals surface area contributed by atoms with Gasteiger partial charge in [-0.1, -0.05) is 41.7 Å². The van der Waals surface area contributed by atoms with Crippen molar-refractivity contribution in [2.75, 3.05) is 5.32 Å². The minimum absolute atomic E-state index is 0.0397. The minimum Gasteiger partial charge on any atom is -0.550 e. The summed E-state index contributed by atoms with van der Waals surface area (Å²) >= 11 is 1.26. The lowest BCUT2D eigenvalue weighted by Gasteiger charge is -2.17. The SMILES string of the molecule is O=C([O-])C[C@H](CCCC(=O)Nc1nncs1)c1ccccc1. The van der Waals surface area contributed by atoms with Crippen LogP contribution >= 0.6 is 11.3 Å². The Morgan fingerprint density at radius 3 is 2.68 bits per heavy atom. The number of rotatable bonds is 8. The van der Waals surface area contributed by atoms with E-state index in [1.807, 2.05) is 30.3 Å². The second kappa shape index (κ2) is 8.23. The van der Waals surface area contributed by atoms with Crippen molar-refractivity contribution < 1.29 is 14.7 Å². The maximum Gasteiger partial charge on any atom is 0.226 e. The smallest absolute Gasteiger partial charge is 0.226 e. The van der Waals surface area contributed by atoms with Crippen LogP contribution in [-0.2, 0) is 9.59 Å². The lowest BCUT2D eigenvalue weighted by atomic mass is 9.90. The molecule has 22 heavy (non-hydrogen) atoms. The molecule has 1 heterocycles. The Kier molecular flexibility index (Phi) is 6.02. The van der Waals surface area contributed by atoms with Gasteiger partial charge in [-0.05, 0) is 30.7 Å². The molecule has 0 bridgehead atoms. The van der Waals surface area contributed by atoms with Crippen molar-refractivity contribution in [3.63, 3.8) is 0 Å². The maximum absolute atomic E-state index is 11.7. The van der Waals surface area contributed by atoms with Crippen LogP contribution in [0.3, 0.4) is 0 Å². The van der Waals surface area contributed by atoms with Crippen LogP contribution in [0.5, 0.6) is 0 Å². The third-order valence-corrected chi connectivity index (χ3v) is 3.85. The third kappa shape index (κ3) is 5.25. The van der Waals surface area contributed by atoms with E-state index in [-0.39, 0.29) is 18.2 Å². The molecule has 1 N–H and O–H groups in total. The number of nitrogens with one attached hydrogen (secondary N) is 1. The lowest BCUT2D eigenvalue weighted by Crippen LogP contribution is -2.24. The summed E-state index contributed by atoms with van der Waals surface area (Å²) in [4.78, 5) is 22.6. The minimum atomic E-state index is -1.08. The molecule has 0 saturated carbocycles. The van der Waals surface area contributed by atoms with E-state index in [4.69, 9.17) is 0 Å². The number of aromatic nitrogens is 2. The highest BCUT2D eigenvalue weighted by molar-refractivity contribution is 7.13. The van der Waals surface area contributed by atoms with Crippen molar-refractivity contribution in [3.05, 3.63) is 41.4 Å². The molecule has 0 aliphatic heterocycles. The van der Waals surface area contributed by atoms with E-state index in [2.05, 4.69) is 15.5 Å². The summed E-state index contributed by atoms with van der Waals surface area (Å²) in [5, 5.41) is 21.4. The average molecular weight is 318 g/mol. The number of benzene rings is 1. The van der Waals surface area contributed by atoms with Crippen LogP contribution in [-0.4, -0.2) is 22.1 Å². The fourth-order valence-electron chi connectivity index (χ4n) is 2.23.